The van der Waals surface area contributed by atoms with Crippen molar-refractivity contribution >= 4 is 21.6 Å². The van der Waals surface area contributed by atoms with Crippen molar-refractivity contribution in [2.75, 3.05) is 12.0 Å². The molecule has 0 saturated heterocycles. The van der Waals surface area contributed by atoms with Crippen LogP contribution >= 0.6 is 0 Å². The summed E-state index contributed by atoms with van der Waals surface area (Å²) in [6.07, 6.45) is 2.28. The van der Waals surface area contributed by atoms with Crippen LogP contribution in [0.3, 0.4) is 0 Å². The largest absolute Gasteiger partial charge is 0.481 e. The fraction of sp³-hybridized carbons (Fsp3) is 0.231. The number of benzene rings is 3. The Hall–Kier alpha value is -3.45. The first-order valence-corrected chi connectivity index (χ1v) is 12.6. The number of carboxylic acids is 1. The first kappa shape index (κ1) is 24.2. The van der Waals surface area contributed by atoms with Gasteiger partial charge in [-0.05, 0) is 59.9 Å². The summed E-state index contributed by atoms with van der Waals surface area (Å²) in [4.78, 5) is 23.5. The van der Waals surface area contributed by atoms with Crippen molar-refractivity contribution in [3.05, 3.63) is 95.1 Å². The summed E-state index contributed by atoms with van der Waals surface area (Å²) in [5, 5.41) is 9.04. The Balaban J connectivity index is 1.71. The molecule has 172 valence electrons. The van der Waals surface area contributed by atoms with Gasteiger partial charge in [-0.2, -0.15) is 0 Å². The Morgan fingerprint density at radius 2 is 1.58 bits per heavy atom. The highest BCUT2D eigenvalue weighted by Gasteiger charge is 2.13. The zero-order chi connectivity index (χ0) is 23.8. The predicted octanol–water partition coefficient (Wildman–Crippen LogP) is 4.51. The molecule has 3 aromatic carbocycles. The number of carboxylic acid groups (broad SMARTS) is 1. The number of carbonyl (C=O) groups is 2. The minimum atomic E-state index is -3.20. The molecule has 7 heteroatoms. The highest BCUT2D eigenvalue weighted by molar-refractivity contribution is 7.90. The Morgan fingerprint density at radius 3 is 2.21 bits per heavy atom. The molecule has 0 aliphatic heterocycles. The first-order chi connectivity index (χ1) is 15.7. The van der Waals surface area contributed by atoms with Crippen LogP contribution in [0.1, 0.15) is 33.5 Å². The minimum Gasteiger partial charge on any atom is -0.481 e. The van der Waals surface area contributed by atoms with Crippen molar-refractivity contribution < 1.29 is 27.9 Å². The minimum absolute atomic E-state index is 0.0391. The van der Waals surface area contributed by atoms with Crippen molar-refractivity contribution in [1.82, 2.24) is 0 Å². The molecule has 33 heavy (non-hydrogen) atoms. The molecule has 6 nitrogen and oxygen atoms in total. The number of Topliss-reactive ketones (excluding diaryl/α,β-unsaturated/α-hetero) is 1. The molecule has 1 N–H and O–H groups in total. The van der Waals surface area contributed by atoms with Crippen LogP contribution in [0, 0.1) is 0 Å². The van der Waals surface area contributed by atoms with E-state index in [-0.39, 0.29) is 24.4 Å². The average molecular weight is 467 g/mol. The van der Waals surface area contributed by atoms with Crippen molar-refractivity contribution in [2.45, 2.75) is 25.7 Å². The van der Waals surface area contributed by atoms with E-state index < -0.39 is 15.8 Å². The van der Waals surface area contributed by atoms with Gasteiger partial charge in [0.1, 0.15) is 21.3 Å². The molecule has 0 radical (unpaired) electrons. The fourth-order valence-electron chi connectivity index (χ4n) is 3.39. The van der Waals surface area contributed by atoms with Crippen molar-refractivity contribution in [2.24, 2.45) is 0 Å². The van der Waals surface area contributed by atoms with Crippen LogP contribution in [-0.2, 0) is 33.9 Å². The fourth-order valence-corrected chi connectivity index (χ4v) is 3.98. The number of aryl methyl sites for hydroxylation is 2. The van der Waals surface area contributed by atoms with Crippen molar-refractivity contribution in [3.8, 4) is 11.5 Å². The third-order valence-corrected chi connectivity index (χ3v) is 6.06. The van der Waals surface area contributed by atoms with Gasteiger partial charge in [0.05, 0.1) is 12.2 Å². The molecule has 3 rings (SSSR count). The van der Waals surface area contributed by atoms with Crippen LogP contribution in [0.5, 0.6) is 11.5 Å². The maximum absolute atomic E-state index is 12.5. The van der Waals surface area contributed by atoms with Gasteiger partial charge in [0.25, 0.3) is 0 Å². The SMILES string of the molecule is CS(=O)(=O)CCc1cc(CC(=O)O)ccc1Oc1ccc(C(=O)CCc2ccccc2)cc1. The van der Waals surface area contributed by atoms with E-state index in [9.17, 15) is 18.0 Å². The van der Waals surface area contributed by atoms with Crippen LogP contribution < -0.4 is 4.74 Å². The van der Waals surface area contributed by atoms with E-state index in [1.165, 1.54) is 0 Å². The summed E-state index contributed by atoms with van der Waals surface area (Å²) in [5.74, 6) is -0.0472. The summed E-state index contributed by atoms with van der Waals surface area (Å²) in [7, 11) is -3.20. The molecule has 0 aliphatic carbocycles. The van der Waals surface area contributed by atoms with Crippen LogP contribution in [0.4, 0.5) is 0 Å². The van der Waals surface area contributed by atoms with E-state index in [2.05, 4.69) is 0 Å². The van der Waals surface area contributed by atoms with Crippen LogP contribution in [-0.4, -0.2) is 37.3 Å². The third-order valence-electron chi connectivity index (χ3n) is 5.11. The molecule has 0 bridgehead atoms. The molecular weight excluding hydrogens is 440 g/mol. The van der Waals surface area contributed by atoms with Crippen molar-refractivity contribution in [3.63, 3.8) is 0 Å². The monoisotopic (exact) mass is 466 g/mol. The molecule has 0 spiro atoms. The standard InChI is InChI=1S/C26H26O6S/c1-33(30,31)16-15-22-17-20(18-26(28)29)8-14-25(22)32-23-11-9-21(10-12-23)24(27)13-7-19-5-3-2-4-6-19/h2-6,8-12,14,17H,7,13,15-16,18H2,1H3,(H,28,29). The second kappa shape index (κ2) is 10.9. The van der Waals surface area contributed by atoms with Gasteiger partial charge in [-0.1, -0.05) is 42.5 Å². The average Bonchev–Trinajstić information content (AvgIpc) is 2.78. The van der Waals surface area contributed by atoms with E-state index >= 15 is 0 Å². The van der Waals surface area contributed by atoms with Crippen LogP contribution in [0.15, 0.2) is 72.8 Å². The summed E-state index contributed by atoms with van der Waals surface area (Å²) in [6, 6.07) is 21.6. The molecule has 0 atom stereocenters. The zero-order valence-corrected chi connectivity index (χ0v) is 19.2. The van der Waals surface area contributed by atoms with Crippen LogP contribution in [0.25, 0.3) is 0 Å². The number of rotatable bonds is 11. The first-order valence-electron chi connectivity index (χ1n) is 10.6. The van der Waals surface area contributed by atoms with E-state index in [0.717, 1.165) is 11.8 Å². The summed E-state index contributed by atoms with van der Waals surface area (Å²) in [5.41, 5.74) is 2.88. The van der Waals surface area contributed by atoms with E-state index in [1.54, 1.807) is 42.5 Å². The Labute approximate surface area is 193 Å². The van der Waals surface area contributed by atoms with Gasteiger partial charge in [-0.3, -0.25) is 9.59 Å². The maximum atomic E-state index is 12.5. The summed E-state index contributed by atoms with van der Waals surface area (Å²) >= 11 is 0. The molecule has 0 unspecified atom stereocenters. The van der Waals surface area contributed by atoms with Gasteiger partial charge >= 0.3 is 5.97 Å². The summed E-state index contributed by atoms with van der Waals surface area (Å²) in [6.45, 7) is 0. The lowest BCUT2D eigenvalue weighted by Gasteiger charge is -2.13. The van der Waals surface area contributed by atoms with Gasteiger partial charge in [-0.15, -0.1) is 0 Å². The number of sulfone groups is 1. The second-order valence-electron chi connectivity index (χ2n) is 7.93. The van der Waals surface area contributed by atoms with Gasteiger partial charge in [0.2, 0.25) is 0 Å². The lowest BCUT2D eigenvalue weighted by Crippen LogP contribution is -2.08. The van der Waals surface area contributed by atoms with E-state index in [1.807, 2.05) is 30.3 Å². The van der Waals surface area contributed by atoms with Crippen molar-refractivity contribution in [1.29, 1.82) is 0 Å². The number of ether oxygens (including phenoxy) is 1. The predicted molar refractivity (Wildman–Crippen MR) is 127 cm³/mol. The Morgan fingerprint density at radius 1 is 0.879 bits per heavy atom. The molecule has 0 saturated carbocycles. The normalized spacial score (nSPS) is 11.2. The van der Waals surface area contributed by atoms with E-state index in [0.29, 0.717) is 41.0 Å². The Kier molecular flexibility index (Phi) is 8.01. The second-order valence-corrected chi connectivity index (χ2v) is 10.2. The molecule has 0 fully saturated rings. The lowest BCUT2D eigenvalue weighted by molar-refractivity contribution is -0.136. The number of aliphatic carboxylic acids is 1. The van der Waals surface area contributed by atoms with Gasteiger partial charge in [0, 0.05) is 18.2 Å². The molecule has 0 aromatic heterocycles. The molecule has 0 aliphatic rings. The van der Waals surface area contributed by atoms with Gasteiger partial charge < -0.3 is 9.84 Å². The smallest absolute Gasteiger partial charge is 0.307 e. The maximum Gasteiger partial charge on any atom is 0.307 e. The van der Waals surface area contributed by atoms with E-state index in [4.69, 9.17) is 9.84 Å². The summed E-state index contributed by atoms with van der Waals surface area (Å²) < 4.78 is 29.2. The molecular formula is C26H26O6S. The van der Waals surface area contributed by atoms with Gasteiger partial charge in [0.15, 0.2) is 5.78 Å². The number of carbonyl (C=O) groups excluding carboxylic acids is 1. The molecule has 3 aromatic rings. The van der Waals surface area contributed by atoms with Crippen LogP contribution in [0.2, 0.25) is 0 Å². The number of hydrogen-bond donors (Lipinski definition) is 1. The third kappa shape index (κ3) is 7.88. The zero-order valence-electron chi connectivity index (χ0n) is 18.4. The lowest BCUT2D eigenvalue weighted by atomic mass is 10.0. The Bertz CT molecular complexity index is 1220. The van der Waals surface area contributed by atoms with Gasteiger partial charge in [-0.25, -0.2) is 8.42 Å². The highest BCUT2D eigenvalue weighted by Crippen LogP contribution is 2.28. The molecule has 0 amide bonds. The number of ketones is 1. The topological polar surface area (TPSA) is 97.7 Å². The number of hydrogen-bond acceptors (Lipinski definition) is 5. The highest BCUT2D eigenvalue weighted by atomic mass is 32.2. The molecule has 0 heterocycles. The quantitative estimate of drug-likeness (QED) is 0.418.